The molecule has 2 atom stereocenters. The van der Waals surface area contributed by atoms with Crippen molar-refractivity contribution in [2.45, 2.75) is 95.3 Å². The predicted molar refractivity (Wildman–Crippen MR) is 216 cm³/mol. The molecule has 5 aliphatic rings. The minimum Gasteiger partial charge on any atom is -0.496 e. The molecule has 9 rings (SSSR count). The summed E-state index contributed by atoms with van der Waals surface area (Å²) in [5.74, 6) is 0.800. The normalized spacial score (nSPS) is 23.1. The lowest BCUT2D eigenvalue weighted by Crippen LogP contribution is -2.56. The molecule has 4 heterocycles. The molecule has 1 saturated carbocycles. The first-order valence-corrected chi connectivity index (χ1v) is 20.3. The summed E-state index contributed by atoms with van der Waals surface area (Å²) in [6.45, 7) is 1.16. The van der Waals surface area contributed by atoms with Crippen LogP contribution < -0.4 is 20.1 Å². The number of carbonyl (C=O) groups is 2. The summed E-state index contributed by atoms with van der Waals surface area (Å²) in [5, 5.41) is 18.0. The van der Waals surface area contributed by atoms with E-state index in [1.54, 1.807) is 14.2 Å². The van der Waals surface area contributed by atoms with E-state index >= 15 is 0 Å². The van der Waals surface area contributed by atoms with Gasteiger partial charge in [0.2, 0.25) is 11.8 Å². The fourth-order valence-electron chi connectivity index (χ4n) is 9.50. The monoisotopic (exact) mass is 782 g/mol. The summed E-state index contributed by atoms with van der Waals surface area (Å²) >= 11 is 14.2. The number of ether oxygens (including phenoxy) is 2. The van der Waals surface area contributed by atoms with Crippen molar-refractivity contribution in [1.82, 2.24) is 15.2 Å². The Bertz CT molecular complexity index is 2120. The number of aryl methyl sites for hydroxylation is 1. The van der Waals surface area contributed by atoms with E-state index in [1.165, 1.54) is 11.1 Å². The number of piperidine rings is 2. The van der Waals surface area contributed by atoms with Crippen molar-refractivity contribution < 1.29 is 24.2 Å². The Morgan fingerprint density at radius 3 is 2.49 bits per heavy atom. The number of carboxylic acids is 1. The number of nitrogens with zero attached hydrogens (tertiary/aromatic N) is 2. The Morgan fingerprint density at radius 2 is 1.75 bits per heavy atom. The van der Waals surface area contributed by atoms with Gasteiger partial charge in [-0.1, -0.05) is 65.7 Å². The van der Waals surface area contributed by atoms with Crippen molar-refractivity contribution >= 4 is 40.8 Å². The molecule has 1 aromatic heterocycles. The second-order valence-electron chi connectivity index (χ2n) is 15.7. The van der Waals surface area contributed by atoms with Gasteiger partial charge in [0.1, 0.15) is 5.75 Å². The largest absolute Gasteiger partial charge is 0.496 e. The minimum absolute atomic E-state index is 0.0432. The highest BCUT2D eigenvalue weighted by atomic mass is 35.5. The second-order valence-corrected chi connectivity index (χ2v) is 16.5. The standard InChI is InChI=1S/C44H48Cl2N4O5/c1-54-39-23-38(35(45)22-27(39)24-50-25-44(43(52)53)20-18-29(50)19-21-44)48-36-16-14-31-30(8-4-9-32(31)36)33-10-5-11-34(41(33)46)37-15-12-26(42(49-37)55-2)6-3-7-28-13-17-40(51)47-28/h4-5,8-12,15,22-23,28-29,36,48H,3,6-7,13-14,16-21,24-25H2,1-2H3,(H,47,51)(H,52,53)/t28-,29?,36+,44?/m1/s1. The average Bonchev–Trinajstić information content (AvgIpc) is 3.81. The molecule has 1 amide bonds. The van der Waals surface area contributed by atoms with Gasteiger partial charge in [-0.05, 0) is 93.0 Å². The fraction of sp³-hybridized carbons (Fsp3) is 0.432. The molecule has 4 aromatic rings. The van der Waals surface area contributed by atoms with Crippen molar-refractivity contribution in [2.24, 2.45) is 5.41 Å². The van der Waals surface area contributed by atoms with Gasteiger partial charge in [-0.2, -0.15) is 0 Å². The highest BCUT2D eigenvalue weighted by molar-refractivity contribution is 6.36. The number of benzene rings is 3. The topological polar surface area (TPSA) is 113 Å². The number of rotatable bonds is 13. The van der Waals surface area contributed by atoms with E-state index in [0.29, 0.717) is 41.5 Å². The second kappa shape index (κ2) is 15.7. The molecule has 2 bridgehead atoms. The van der Waals surface area contributed by atoms with Gasteiger partial charge in [-0.25, -0.2) is 4.98 Å². The van der Waals surface area contributed by atoms with Gasteiger partial charge in [0.05, 0.1) is 47.1 Å². The lowest BCUT2D eigenvalue weighted by atomic mass is 9.67. The van der Waals surface area contributed by atoms with E-state index in [4.69, 9.17) is 37.7 Å². The number of carbonyl (C=O) groups excluding carboxylic acids is 1. The van der Waals surface area contributed by atoms with Gasteiger partial charge in [0.25, 0.3) is 0 Å². The fourth-order valence-corrected chi connectivity index (χ4v) is 10.1. The van der Waals surface area contributed by atoms with Crippen LogP contribution in [0.15, 0.2) is 60.7 Å². The zero-order chi connectivity index (χ0) is 38.3. The summed E-state index contributed by atoms with van der Waals surface area (Å²) in [6.07, 6.45) is 9.30. The SMILES string of the molecule is COc1cc(N[C@H]2CCc3c(-c4cccc(-c5ccc(CCC[C@@H]6CCC(=O)N6)c(OC)n5)c4Cl)cccc32)c(Cl)cc1CN1CC2(C(=O)O)CCC1CC2. The predicted octanol–water partition coefficient (Wildman–Crippen LogP) is 9.27. The number of halogens is 2. The summed E-state index contributed by atoms with van der Waals surface area (Å²) in [4.78, 5) is 31.0. The number of amides is 1. The quantitative estimate of drug-likeness (QED) is 0.123. The third kappa shape index (κ3) is 7.39. The van der Waals surface area contributed by atoms with Crippen molar-refractivity contribution in [2.75, 3.05) is 26.1 Å². The van der Waals surface area contributed by atoms with Gasteiger partial charge < -0.3 is 25.2 Å². The third-order valence-electron chi connectivity index (χ3n) is 12.5. The van der Waals surface area contributed by atoms with Gasteiger partial charge in [0.15, 0.2) is 0 Å². The number of nitrogens with one attached hydrogen (secondary N) is 2. The van der Waals surface area contributed by atoms with E-state index in [-0.39, 0.29) is 18.0 Å². The van der Waals surface area contributed by atoms with E-state index in [9.17, 15) is 14.7 Å². The van der Waals surface area contributed by atoms with E-state index < -0.39 is 11.4 Å². The van der Waals surface area contributed by atoms with Crippen LogP contribution in [0.2, 0.25) is 10.0 Å². The Morgan fingerprint density at radius 1 is 0.964 bits per heavy atom. The molecule has 4 fully saturated rings. The summed E-state index contributed by atoms with van der Waals surface area (Å²) in [7, 11) is 3.32. The van der Waals surface area contributed by atoms with Gasteiger partial charge >= 0.3 is 5.97 Å². The lowest BCUT2D eigenvalue weighted by Gasteiger charge is -2.50. The first kappa shape index (κ1) is 37.6. The number of methoxy groups -OCH3 is 2. The molecule has 3 aromatic carbocycles. The highest BCUT2D eigenvalue weighted by Gasteiger charge is 2.49. The molecule has 11 heteroatoms. The van der Waals surface area contributed by atoms with Gasteiger partial charge in [0, 0.05) is 59.9 Å². The van der Waals surface area contributed by atoms with Crippen LogP contribution in [0.25, 0.3) is 22.4 Å². The summed E-state index contributed by atoms with van der Waals surface area (Å²) in [5.41, 5.74) is 8.28. The molecule has 3 aliphatic heterocycles. The van der Waals surface area contributed by atoms with Crippen LogP contribution in [0.3, 0.4) is 0 Å². The number of pyridine rings is 1. The Balaban J connectivity index is 0.994. The maximum atomic E-state index is 12.2. The van der Waals surface area contributed by atoms with Crippen molar-refractivity contribution in [3.8, 4) is 34.0 Å². The van der Waals surface area contributed by atoms with Gasteiger partial charge in [-0.3, -0.25) is 14.5 Å². The van der Waals surface area contributed by atoms with Crippen LogP contribution in [-0.2, 0) is 29.0 Å². The van der Waals surface area contributed by atoms with E-state index in [2.05, 4.69) is 45.9 Å². The van der Waals surface area contributed by atoms with Crippen LogP contribution in [0.5, 0.6) is 11.6 Å². The van der Waals surface area contributed by atoms with Crippen LogP contribution in [0.4, 0.5) is 5.69 Å². The molecule has 9 nitrogen and oxygen atoms in total. The third-order valence-corrected chi connectivity index (χ3v) is 13.2. The maximum absolute atomic E-state index is 12.2. The number of aromatic nitrogens is 1. The van der Waals surface area contributed by atoms with E-state index in [0.717, 1.165) is 109 Å². The number of aliphatic carboxylic acids is 1. The molecule has 0 radical (unpaired) electrons. The van der Waals surface area contributed by atoms with E-state index in [1.807, 2.05) is 30.3 Å². The summed E-state index contributed by atoms with van der Waals surface area (Å²) in [6, 6.07) is 21.2. The Kier molecular flexibility index (Phi) is 10.7. The first-order valence-electron chi connectivity index (χ1n) is 19.5. The van der Waals surface area contributed by atoms with Crippen LogP contribution in [-0.4, -0.2) is 59.7 Å². The van der Waals surface area contributed by atoms with Crippen LogP contribution in [0.1, 0.15) is 86.1 Å². The Labute approximate surface area is 332 Å². The number of fused-ring (bicyclic) bond motifs is 4. The number of hydrogen-bond donors (Lipinski definition) is 3. The Hall–Kier alpha value is -4.31. The van der Waals surface area contributed by atoms with Crippen molar-refractivity contribution in [3.05, 3.63) is 93.0 Å². The molecule has 3 N–H and O–H groups in total. The first-order chi connectivity index (χ1) is 26.7. The molecule has 288 valence electrons. The zero-order valence-electron chi connectivity index (χ0n) is 31.4. The van der Waals surface area contributed by atoms with Crippen LogP contribution >= 0.6 is 23.2 Å². The number of anilines is 1. The molecular formula is C44H48Cl2N4O5. The minimum atomic E-state index is -0.682. The number of hydrogen-bond acceptors (Lipinski definition) is 7. The molecule has 55 heavy (non-hydrogen) atoms. The van der Waals surface area contributed by atoms with Gasteiger partial charge in [-0.15, -0.1) is 0 Å². The highest BCUT2D eigenvalue weighted by Crippen LogP contribution is 2.47. The molecule has 0 spiro atoms. The summed E-state index contributed by atoms with van der Waals surface area (Å²) < 4.78 is 11.6. The zero-order valence-corrected chi connectivity index (χ0v) is 32.9. The average molecular weight is 784 g/mol. The molecular weight excluding hydrogens is 735 g/mol. The number of carboxylic acid groups (broad SMARTS) is 1. The lowest BCUT2D eigenvalue weighted by molar-refractivity contribution is -0.160. The smallest absolute Gasteiger partial charge is 0.310 e. The molecule has 0 unspecified atom stereocenters. The van der Waals surface area contributed by atoms with Crippen molar-refractivity contribution in [1.29, 1.82) is 0 Å². The molecule has 2 aliphatic carbocycles. The molecule has 3 saturated heterocycles. The van der Waals surface area contributed by atoms with Crippen LogP contribution in [0, 0.1) is 5.41 Å². The maximum Gasteiger partial charge on any atom is 0.310 e. The van der Waals surface area contributed by atoms with Crippen molar-refractivity contribution in [3.63, 3.8) is 0 Å².